The fraction of sp³-hybridized carbons (Fsp3) is 0.833. The SMILES string of the molecule is CCC#CCN1CC[C@@]2(CCCN(CC3CCC3)C2=O)C1. The average molecular weight is 288 g/mol. The van der Waals surface area contributed by atoms with Gasteiger partial charge in [0.05, 0.1) is 12.0 Å². The molecule has 0 aromatic rings. The van der Waals surface area contributed by atoms with Crippen LogP contribution < -0.4 is 0 Å². The van der Waals surface area contributed by atoms with Gasteiger partial charge in [0.25, 0.3) is 0 Å². The van der Waals surface area contributed by atoms with Crippen molar-refractivity contribution in [3.05, 3.63) is 0 Å². The molecule has 1 atom stereocenters. The summed E-state index contributed by atoms with van der Waals surface area (Å²) in [5.41, 5.74) is -0.0735. The third-order valence-corrected chi connectivity index (χ3v) is 5.56. The molecule has 0 aromatic carbocycles. The zero-order valence-corrected chi connectivity index (χ0v) is 13.4. The second-order valence-electron chi connectivity index (χ2n) is 7.10. The zero-order valence-electron chi connectivity index (χ0n) is 13.4. The van der Waals surface area contributed by atoms with Crippen molar-refractivity contribution in [1.82, 2.24) is 9.80 Å². The van der Waals surface area contributed by atoms with Crippen LogP contribution in [0.4, 0.5) is 0 Å². The number of likely N-dealkylation sites (tertiary alicyclic amines) is 2. The molecule has 1 saturated carbocycles. The summed E-state index contributed by atoms with van der Waals surface area (Å²) in [4.78, 5) is 17.5. The molecular weight excluding hydrogens is 260 g/mol. The first-order chi connectivity index (χ1) is 10.2. The van der Waals surface area contributed by atoms with Gasteiger partial charge in [-0.15, -0.1) is 5.92 Å². The summed E-state index contributed by atoms with van der Waals surface area (Å²) >= 11 is 0. The standard InChI is InChI=1S/C18H28N2O/c1-2-3-4-11-19-13-10-18(15-19)9-6-12-20(17(18)21)14-16-7-5-8-16/h16H,2,5-15H2,1H3/t18-/m0/s1. The van der Waals surface area contributed by atoms with Gasteiger partial charge in [-0.2, -0.15) is 0 Å². The molecule has 3 nitrogen and oxygen atoms in total. The van der Waals surface area contributed by atoms with Gasteiger partial charge in [-0.3, -0.25) is 9.69 Å². The van der Waals surface area contributed by atoms with E-state index in [0.717, 1.165) is 57.9 Å². The lowest BCUT2D eigenvalue weighted by Crippen LogP contribution is -2.51. The number of carbonyl (C=O) groups is 1. The van der Waals surface area contributed by atoms with Gasteiger partial charge >= 0.3 is 0 Å². The number of amides is 1. The minimum absolute atomic E-state index is 0.0735. The van der Waals surface area contributed by atoms with Crippen LogP contribution in [0.5, 0.6) is 0 Å². The van der Waals surface area contributed by atoms with Crippen LogP contribution in [0.3, 0.4) is 0 Å². The molecule has 3 rings (SSSR count). The van der Waals surface area contributed by atoms with Crippen molar-refractivity contribution in [3.8, 4) is 11.8 Å². The second-order valence-corrected chi connectivity index (χ2v) is 7.10. The van der Waals surface area contributed by atoms with E-state index in [4.69, 9.17) is 0 Å². The van der Waals surface area contributed by atoms with Gasteiger partial charge < -0.3 is 4.90 Å². The Morgan fingerprint density at radius 2 is 2.05 bits per heavy atom. The first kappa shape index (κ1) is 14.9. The molecule has 1 spiro atoms. The summed E-state index contributed by atoms with van der Waals surface area (Å²) in [7, 11) is 0. The van der Waals surface area contributed by atoms with Crippen molar-refractivity contribution < 1.29 is 4.79 Å². The molecule has 0 aromatic heterocycles. The number of nitrogens with zero attached hydrogens (tertiary/aromatic N) is 2. The predicted octanol–water partition coefficient (Wildman–Crippen LogP) is 2.51. The molecule has 2 saturated heterocycles. The summed E-state index contributed by atoms with van der Waals surface area (Å²) in [5.74, 6) is 7.61. The monoisotopic (exact) mass is 288 g/mol. The van der Waals surface area contributed by atoms with Crippen molar-refractivity contribution in [2.75, 3.05) is 32.7 Å². The number of hydrogen-bond acceptors (Lipinski definition) is 2. The van der Waals surface area contributed by atoms with Crippen molar-refractivity contribution in [3.63, 3.8) is 0 Å². The summed E-state index contributed by atoms with van der Waals surface area (Å²) in [6.07, 6.45) is 8.26. The molecular formula is C18H28N2O. The molecule has 1 amide bonds. The molecule has 0 bridgehead atoms. The third-order valence-electron chi connectivity index (χ3n) is 5.56. The van der Waals surface area contributed by atoms with E-state index < -0.39 is 0 Å². The van der Waals surface area contributed by atoms with Crippen molar-refractivity contribution in [2.45, 2.75) is 51.9 Å². The maximum atomic E-state index is 13.0. The molecule has 0 radical (unpaired) electrons. The smallest absolute Gasteiger partial charge is 0.230 e. The molecule has 3 heteroatoms. The molecule has 21 heavy (non-hydrogen) atoms. The van der Waals surface area contributed by atoms with Crippen LogP contribution in [0.25, 0.3) is 0 Å². The quantitative estimate of drug-likeness (QED) is 0.745. The van der Waals surface area contributed by atoms with Gasteiger partial charge in [-0.05, 0) is 38.0 Å². The second kappa shape index (κ2) is 6.40. The number of hydrogen-bond donors (Lipinski definition) is 0. The molecule has 1 aliphatic carbocycles. The van der Waals surface area contributed by atoms with Crippen LogP contribution in [-0.2, 0) is 4.79 Å². The average Bonchev–Trinajstić information content (AvgIpc) is 2.83. The molecule has 0 unspecified atom stereocenters. The Hall–Kier alpha value is -1.01. The summed E-state index contributed by atoms with van der Waals surface area (Å²) in [6, 6.07) is 0. The Morgan fingerprint density at radius 3 is 2.76 bits per heavy atom. The van der Waals surface area contributed by atoms with Crippen molar-refractivity contribution in [1.29, 1.82) is 0 Å². The lowest BCUT2D eigenvalue weighted by atomic mass is 9.77. The largest absolute Gasteiger partial charge is 0.342 e. The van der Waals surface area contributed by atoms with E-state index in [9.17, 15) is 4.79 Å². The third kappa shape index (κ3) is 3.11. The van der Waals surface area contributed by atoms with Gasteiger partial charge in [-0.25, -0.2) is 0 Å². The van der Waals surface area contributed by atoms with E-state index >= 15 is 0 Å². The van der Waals surface area contributed by atoms with E-state index in [1.54, 1.807) is 0 Å². The van der Waals surface area contributed by atoms with Gasteiger partial charge in [-0.1, -0.05) is 19.3 Å². The van der Waals surface area contributed by atoms with Crippen LogP contribution in [0, 0.1) is 23.2 Å². The van der Waals surface area contributed by atoms with E-state index in [1.807, 2.05) is 0 Å². The van der Waals surface area contributed by atoms with Gasteiger partial charge in [0.2, 0.25) is 5.91 Å². The lowest BCUT2D eigenvalue weighted by molar-refractivity contribution is -0.146. The van der Waals surface area contributed by atoms with Crippen LogP contribution >= 0.6 is 0 Å². The Kier molecular flexibility index (Phi) is 4.54. The fourth-order valence-corrected chi connectivity index (χ4v) is 4.08. The molecule has 2 aliphatic heterocycles. The topological polar surface area (TPSA) is 23.6 Å². The summed E-state index contributed by atoms with van der Waals surface area (Å²) < 4.78 is 0. The Labute approximate surface area is 129 Å². The fourth-order valence-electron chi connectivity index (χ4n) is 4.08. The van der Waals surface area contributed by atoms with Crippen LogP contribution in [-0.4, -0.2) is 48.4 Å². The highest BCUT2D eigenvalue weighted by Gasteiger charge is 2.48. The minimum Gasteiger partial charge on any atom is -0.342 e. The number of piperidine rings is 1. The van der Waals surface area contributed by atoms with Crippen LogP contribution in [0.1, 0.15) is 51.9 Å². The Bertz CT molecular complexity index is 446. The first-order valence-corrected chi connectivity index (χ1v) is 8.71. The van der Waals surface area contributed by atoms with E-state index in [-0.39, 0.29) is 5.41 Å². The molecule has 116 valence electrons. The summed E-state index contributed by atoms with van der Waals surface area (Å²) in [5, 5.41) is 0. The maximum Gasteiger partial charge on any atom is 0.230 e. The van der Waals surface area contributed by atoms with Crippen molar-refractivity contribution in [2.24, 2.45) is 11.3 Å². The normalized spacial score (nSPS) is 30.3. The van der Waals surface area contributed by atoms with Gasteiger partial charge in [0.1, 0.15) is 0 Å². The molecule has 0 N–H and O–H groups in total. The highest BCUT2D eigenvalue weighted by atomic mass is 16.2. The number of rotatable bonds is 3. The van der Waals surface area contributed by atoms with Gasteiger partial charge in [0, 0.05) is 32.6 Å². The highest BCUT2D eigenvalue weighted by molar-refractivity contribution is 5.84. The maximum absolute atomic E-state index is 13.0. The Morgan fingerprint density at radius 1 is 1.19 bits per heavy atom. The highest BCUT2D eigenvalue weighted by Crippen LogP contribution is 2.41. The minimum atomic E-state index is -0.0735. The Balaban J connectivity index is 1.59. The van der Waals surface area contributed by atoms with Gasteiger partial charge in [0.15, 0.2) is 0 Å². The molecule has 3 fully saturated rings. The zero-order chi connectivity index (χ0) is 14.7. The van der Waals surface area contributed by atoms with E-state index in [1.165, 1.54) is 25.7 Å². The molecule has 2 heterocycles. The summed E-state index contributed by atoms with van der Waals surface area (Å²) in [6.45, 7) is 6.92. The lowest BCUT2D eigenvalue weighted by Gasteiger charge is -2.42. The number of carbonyl (C=O) groups excluding carboxylic acids is 1. The van der Waals surface area contributed by atoms with E-state index in [0.29, 0.717) is 5.91 Å². The van der Waals surface area contributed by atoms with Crippen LogP contribution in [0.15, 0.2) is 0 Å². The first-order valence-electron chi connectivity index (χ1n) is 8.71. The van der Waals surface area contributed by atoms with Crippen LogP contribution in [0.2, 0.25) is 0 Å². The predicted molar refractivity (Wildman–Crippen MR) is 84.7 cm³/mol. The van der Waals surface area contributed by atoms with E-state index in [2.05, 4.69) is 28.6 Å². The van der Waals surface area contributed by atoms with Crippen molar-refractivity contribution >= 4 is 5.91 Å². The molecule has 3 aliphatic rings.